The summed E-state index contributed by atoms with van der Waals surface area (Å²) in [6, 6.07) is 0.103. The first-order chi connectivity index (χ1) is 10.3. The highest BCUT2D eigenvalue weighted by Crippen LogP contribution is 2.17. The second kappa shape index (κ2) is 7.72. The molecule has 2 heterocycles. The number of nitrogens with zero attached hydrogens (tertiary/aromatic N) is 2. The average molecular weight is 333 g/mol. The Balaban J connectivity index is 1.88. The fourth-order valence-corrected chi connectivity index (χ4v) is 3.56. The highest BCUT2D eigenvalue weighted by molar-refractivity contribution is 7.88. The Morgan fingerprint density at radius 1 is 1.32 bits per heavy atom. The van der Waals surface area contributed by atoms with Crippen molar-refractivity contribution < 1.29 is 17.9 Å². The molecule has 2 aliphatic heterocycles. The van der Waals surface area contributed by atoms with Crippen LogP contribution in [-0.4, -0.2) is 81.9 Å². The molecule has 1 N–H and O–H groups in total. The van der Waals surface area contributed by atoms with E-state index in [-0.39, 0.29) is 18.1 Å². The molecule has 0 aliphatic carbocycles. The number of amides is 1. The van der Waals surface area contributed by atoms with Crippen LogP contribution in [0.5, 0.6) is 0 Å². The van der Waals surface area contributed by atoms with Crippen molar-refractivity contribution in [3.63, 3.8) is 0 Å². The van der Waals surface area contributed by atoms with Crippen molar-refractivity contribution in [2.45, 2.75) is 38.3 Å². The van der Waals surface area contributed by atoms with E-state index in [0.717, 1.165) is 25.8 Å². The van der Waals surface area contributed by atoms with Gasteiger partial charge in [-0.25, -0.2) is 13.1 Å². The molecule has 7 nitrogen and oxygen atoms in total. The highest BCUT2D eigenvalue weighted by atomic mass is 32.2. The van der Waals surface area contributed by atoms with Gasteiger partial charge in [-0.15, -0.1) is 0 Å². The quantitative estimate of drug-likeness (QED) is 0.743. The van der Waals surface area contributed by atoms with Crippen LogP contribution in [0, 0.1) is 0 Å². The predicted octanol–water partition coefficient (Wildman–Crippen LogP) is -0.363. The van der Waals surface area contributed by atoms with Crippen LogP contribution in [-0.2, 0) is 19.6 Å². The molecule has 0 aromatic carbocycles. The molecule has 8 heteroatoms. The Morgan fingerprint density at radius 3 is 2.77 bits per heavy atom. The lowest BCUT2D eigenvalue weighted by atomic mass is 10.0. The lowest BCUT2D eigenvalue weighted by Crippen LogP contribution is -2.53. The second-order valence-electron chi connectivity index (χ2n) is 6.26. The lowest BCUT2D eigenvalue weighted by Gasteiger charge is -2.38. The monoisotopic (exact) mass is 333 g/mol. The minimum Gasteiger partial charge on any atom is -0.375 e. The maximum absolute atomic E-state index is 12.4. The molecule has 0 aromatic heterocycles. The Labute approximate surface area is 133 Å². The maximum atomic E-state index is 12.4. The number of rotatable bonds is 5. The molecular weight excluding hydrogens is 306 g/mol. The zero-order chi connectivity index (χ0) is 16.2. The zero-order valence-corrected chi connectivity index (χ0v) is 14.3. The van der Waals surface area contributed by atoms with Gasteiger partial charge in [-0.1, -0.05) is 6.42 Å². The summed E-state index contributed by atoms with van der Waals surface area (Å²) in [6.45, 7) is 5.43. The van der Waals surface area contributed by atoms with Crippen LogP contribution in [0.2, 0.25) is 0 Å². The van der Waals surface area contributed by atoms with Crippen LogP contribution in [0.3, 0.4) is 0 Å². The number of nitrogens with one attached hydrogen (secondary N) is 1. The zero-order valence-electron chi connectivity index (χ0n) is 13.5. The summed E-state index contributed by atoms with van der Waals surface area (Å²) >= 11 is 0. The number of carbonyl (C=O) groups excluding carboxylic acids is 1. The van der Waals surface area contributed by atoms with Crippen LogP contribution in [0.15, 0.2) is 0 Å². The van der Waals surface area contributed by atoms with Gasteiger partial charge in [-0.2, -0.15) is 0 Å². The molecule has 2 aliphatic rings. The van der Waals surface area contributed by atoms with Gasteiger partial charge in [0.1, 0.15) is 0 Å². The van der Waals surface area contributed by atoms with E-state index in [1.54, 1.807) is 0 Å². The summed E-state index contributed by atoms with van der Waals surface area (Å²) in [5.74, 6) is 0.112. The third kappa shape index (κ3) is 5.49. The van der Waals surface area contributed by atoms with Crippen LogP contribution in [0.4, 0.5) is 0 Å². The molecule has 2 saturated heterocycles. The van der Waals surface area contributed by atoms with E-state index in [4.69, 9.17) is 4.74 Å². The van der Waals surface area contributed by atoms with Crippen LogP contribution in [0.1, 0.15) is 26.2 Å². The maximum Gasteiger partial charge on any atom is 0.236 e. The van der Waals surface area contributed by atoms with E-state index in [0.29, 0.717) is 32.8 Å². The molecule has 22 heavy (non-hydrogen) atoms. The molecule has 1 amide bonds. The van der Waals surface area contributed by atoms with Gasteiger partial charge < -0.3 is 9.64 Å². The van der Waals surface area contributed by atoms with Crippen molar-refractivity contribution in [1.29, 1.82) is 0 Å². The van der Waals surface area contributed by atoms with Gasteiger partial charge in [-0.05, 0) is 26.3 Å². The van der Waals surface area contributed by atoms with E-state index in [9.17, 15) is 13.2 Å². The summed E-state index contributed by atoms with van der Waals surface area (Å²) < 4.78 is 30.6. The van der Waals surface area contributed by atoms with Gasteiger partial charge in [-0.3, -0.25) is 9.69 Å². The van der Waals surface area contributed by atoms with Gasteiger partial charge in [0.25, 0.3) is 0 Å². The molecular formula is C14H27N3O4S. The first-order valence-corrected chi connectivity index (χ1v) is 9.82. The van der Waals surface area contributed by atoms with E-state index in [1.807, 2.05) is 11.8 Å². The first-order valence-electron chi connectivity index (χ1n) is 7.93. The summed E-state index contributed by atoms with van der Waals surface area (Å²) in [6.07, 6.45) is 4.31. The molecule has 0 unspecified atom stereocenters. The minimum absolute atomic E-state index is 0.0850. The molecule has 128 valence electrons. The number of morpholine rings is 1. The first kappa shape index (κ1) is 17.7. The van der Waals surface area contributed by atoms with Gasteiger partial charge in [0.15, 0.2) is 0 Å². The van der Waals surface area contributed by atoms with Crippen LogP contribution in [0.25, 0.3) is 0 Å². The van der Waals surface area contributed by atoms with Crippen LogP contribution >= 0.6 is 0 Å². The smallest absolute Gasteiger partial charge is 0.236 e. The lowest BCUT2D eigenvalue weighted by molar-refractivity contribution is -0.140. The average Bonchev–Trinajstić information content (AvgIpc) is 2.45. The minimum atomic E-state index is -3.19. The standard InChI is InChI=1S/C14H27N3O4S/c1-12-10-17(7-8-21-12)14(18)11-16-6-4-3-5-13(16)9-15-22(2,19)20/h12-13,15H,3-11H2,1-2H3/t12-,13-/m1/s1. The Bertz CT molecular complexity index is 482. The number of ether oxygens (including phenoxy) is 1. The van der Waals surface area contributed by atoms with Gasteiger partial charge in [0.2, 0.25) is 15.9 Å². The number of hydrogen-bond donors (Lipinski definition) is 1. The number of sulfonamides is 1. The highest BCUT2D eigenvalue weighted by Gasteiger charge is 2.28. The largest absolute Gasteiger partial charge is 0.375 e. The predicted molar refractivity (Wildman–Crippen MR) is 84.1 cm³/mol. The molecule has 0 bridgehead atoms. The number of likely N-dealkylation sites (tertiary alicyclic amines) is 1. The Kier molecular flexibility index (Phi) is 6.19. The van der Waals surface area contributed by atoms with Crippen molar-refractivity contribution in [2.24, 2.45) is 0 Å². The van der Waals surface area contributed by atoms with Crippen molar-refractivity contribution in [3.8, 4) is 0 Å². The fourth-order valence-electron chi connectivity index (χ4n) is 3.07. The molecule has 0 radical (unpaired) electrons. The van der Waals surface area contributed by atoms with Gasteiger partial charge >= 0.3 is 0 Å². The van der Waals surface area contributed by atoms with E-state index in [1.165, 1.54) is 6.26 Å². The Hall–Kier alpha value is -0.700. The molecule has 2 atom stereocenters. The van der Waals surface area contributed by atoms with Crippen molar-refractivity contribution in [3.05, 3.63) is 0 Å². The van der Waals surface area contributed by atoms with E-state index < -0.39 is 10.0 Å². The van der Waals surface area contributed by atoms with Crippen molar-refractivity contribution in [1.82, 2.24) is 14.5 Å². The van der Waals surface area contributed by atoms with Crippen LogP contribution < -0.4 is 4.72 Å². The molecule has 2 rings (SSSR count). The van der Waals surface area contributed by atoms with Crippen molar-refractivity contribution >= 4 is 15.9 Å². The molecule has 2 fully saturated rings. The summed E-state index contributed by atoms with van der Waals surface area (Å²) in [7, 11) is -3.19. The summed E-state index contributed by atoms with van der Waals surface area (Å²) in [5.41, 5.74) is 0. The van der Waals surface area contributed by atoms with Gasteiger partial charge in [0.05, 0.1) is 25.5 Å². The third-order valence-electron chi connectivity index (χ3n) is 4.26. The number of hydrogen-bond acceptors (Lipinski definition) is 5. The van der Waals surface area contributed by atoms with Gasteiger partial charge in [0, 0.05) is 25.7 Å². The van der Waals surface area contributed by atoms with E-state index >= 15 is 0 Å². The molecule has 0 spiro atoms. The van der Waals surface area contributed by atoms with E-state index in [2.05, 4.69) is 9.62 Å². The molecule has 0 aromatic rings. The number of piperidine rings is 1. The topological polar surface area (TPSA) is 79.0 Å². The number of carbonyl (C=O) groups is 1. The normalized spacial score (nSPS) is 27.8. The Morgan fingerprint density at radius 2 is 2.09 bits per heavy atom. The third-order valence-corrected chi connectivity index (χ3v) is 4.95. The second-order valence-corrected chi connectivity index (χ2v) is 8.09. The summed E-state index contributed by atoms with van der Waals surface area (Å²) in [5, 5.41) is 0. The fraction of sp³-hybridized carbons (Fsp3) is 0.929. The SMILES string of the molecule is C[C@@H]1CN(C(=O)CN2CCCC[C@@H]2CNS(C)(=O)=O)CCO1. The van der Waals surface area contributed by atoms with Crippen molar-refractivity contribution in [2.75, 3.05) is 45.6 Å². The summed E-state index contributed by atoms with van der Waals surface area (Å²) in [4.78, 5) is 16.4. The molecule has 0 saturated carbocycles.